The van der Waals surface area contributed by atoms with Crippen LogP contribution in [0.5, 0.6) is 0 Å². The monoisotopic (exact) mass is 330 g/mol. The topological polar surface area (TPSA) is 49.4 Å². The summed E-state index contributed by atoms with van der Waals surface area (Å²) in [6.45, 7) is 0.570. The van der Waals surface area contributed by atoms with Crippen molar-refractivity contribution in [1.29, 1.82) is 0 Å². The summed E-state index contributed by atoms with van der Waals surface area (Å²) in [5, 5.41) is 4.85. The number of hydrogen-bond donors (Lipinski definition) is 1. The number of nitrogens with one attached hydrogen (secondary N) is 1. The molecule has 4 nitrogen and oxygen atoms in total. The third kappa shape index (κ3) is 2.98. The van der Waals surface area contributed by atoms with Crippen LogP contribution in [0.3, 0.4) is 0 Å². The van der Waals surface area contributed by atoms with Crippen molar-refractivity contribution < 1.29 is 9.59 Å². The van der Waals surface area contributed by atoms with E-state index in [1.165, 1.54) is 0 Å². The van der Waals surface area contributed by atoms with Crippen molar-refractivity contribution in [3.05, 3.63) is 72.3 Å². The van der Waals surface area contributed by atoms with Crippen molar-refractivity contribution in [3.63, 3.8) is 0 Å². The van der Waals surface area contributed by atoms with Crippen molar-refractivity contribution in [2.45, 2.75) is 12.8 Å². The van der Waals surface area contributed by atoms with Gasteiger partial charge in [0.15, 0.2) is 0 Å². The molecule has 1 heterocycles. The Morgan fingerprint density at radius 3 is 2.52 bits per heavy atom. The Kier molecular flexibility index (Phi) is 3.94. The minimum atomic E-state index is -0.605. The molecule has 0 spiro atoms. The highest BCUT2D eigenvalue weighted by molar-refractivity contribution is 6.44. The first-order valence-electron chi connectivity index (χ1n) is 8.42. The average Bonchev–Trinajstić information content (AvgIpc) is 2.67. The molecule has 0 aliphatic carbocycles. The number of nitrogens with zero attached hydrogens (tertiary/aromatic N) is 1. The molecule has 25 heavy (non-hydrogen) atoms. The molecule has 0 aromatic heterocycles. The highest BCUT2D eigenvalue weighted by atomic mass is 16.2. The normalized spacial score (nSPS) is 13.4. The summed E-state index contributed by atoms with van der Waals surface area (Å²) in [7, 11) is 0. The molecular formula is C21H18N2O2. The Morgan fingerprint density at radius 2 is 1.64 bits per heavy atom. The third-order valence-corrected chi connectivity index (χ3v) is 4.56. The van der Waals surface area contributed by atoms with E-state index in [-0.39, 0.29) is 0 Å². The molecule has 0 bridgehead atoms. The SMILES string of the molecule is O=C(Nc1ccc2ccccc2c1)C(=O)N1CCCc2ccccc21. The molecule has 2 amide bonds. The molecular weight excluding hydrogens is 312 g/mol. The number of carbonyl (C=O) groups is 2. The van der Waals surface area contributed by atoms with Gasteiger partial charge in [0.2, 0.25) is 0 Å². The fourth-order valence-corrected chi connectivity index (χ4v) is 3.32. The first-order valence-corrected chi connectivity index (χ1v) is 8.42. The zero-order chi connectivity index (χ0) is 17.2. The van der Waals surface area contributed by atoms with Crippen LogP contribution in [0.4, 0.5) is 11.4 Å². The molecule has 0 fully saturated rings. The predicted molar refractivity (Wildman–Crippen MR) is 99.7 cm³/mol. The van der Waals surface area contributed by atoms with Gasteiger partial charge < -0.3 is 10.2 Å². The first kappa shape index (κ1) is 15.4. The number of aryl methyl sites for hydroxylation is 1. The second kappa shape index (κ2) is 6.40. The van der Waals surface area contributed by atoms with Crippen LogP contribution < -0.4 is 10.2 Å². The Balaban J connectivity index is 1.55. The maximum Gasteiger partial charge on any atom is 0.316 e. The lowest BCUT2D eigenvalue weighted by molar-refractivity contribution is -0.134. The number of fused-ring (bicyclic) bond motifs is 2. The van der Waals surface area contributed by atoms with Gasteiger partial charge in [-0.1, -0.05) is 48.5 Å². The van der Waals surface area contributed by atoms with Gasteiger partial charge in [0.1, 0.15) is 0 Å². The molecule has 1 aliphatic heterocycles. The summed E-state index contributed by atoms with van der Waals surface area (Å²) in [5.74, 6) is -1.12. The van der Waals surface area contributed by atoms with Gasteiger partial charge in [-0.3, -0.25) is 9.59 Å². The smallest absolute Gasteiger partial charge is 0.316 e. The lowest BCUT2D eigenvalue weighted by Gasteiger charge is -2.28. The standard InChI is InChI=1S/C21H18N2O2/c24-20(22-18-12-11-15-6-1-2-8-17(15)14-18)21(25)23-13-5-9-16-7-3-4-10-19(16)23/h1-4,6-8,10-12,14H,5,9,13H2,(H,22,24). The maximum atomic E-state index is 12.6. The zero-order valence-electron chi connectivity index (χ0n) is 13.7. The highest BCUT2D eigenvalue weighted by Gasteiger charge is 2.27. The largest absolute Gasteiger partial charge is 0.318 e. The van der Waals surface area contributed by atoms with E-state index in [4.69, 9.17) is 0 Å². The molecule has 0 unspecified atom stereocenters. The Hall–Kier alpha value is -3.14. The van der Waals surface area contributed by atoms with Crippen molar-refractivity contribution in [2.24, 2.45) is 0 Å². The van der Waals surface area contributed by atoms with E-state index >= 15 is 0 Å². The van der Waals surface area contributed by atoms with Crippen molar-refractivity contribution >= 4 is 34.0 Å². The van der Waals surface area contributed by atoms with Crippen LogP contribution in [0.1, 0.15) is 12.0 Å². The van der Waals surface area contributed by atoms with Gasteiger partial charge in [-0.25, -0.2) is 0 Å². The van der Waals surface area contributed by atoms with Gasteiger partial charge in [-0.05, 0) is 47.4 Å². The number of amides is 2. The summed E-state index contributed by atoms with van der Waals surface area (Å²) >= 11 is 0. The van der Waals surface area contributed by atoms with Crippen LogP contribution in [-0.4, -0.2) is 18.4 Å². The van der Waals surface area contributed by atoms with Crippen molar-refractivity contribution in [2.75, 3.05) is 16.8 Å². The first-order chi connectivity index (χ1) is 12.2. The lowest BCUT2D eigenvalue weighted by Crippen LogP contribution is -2.42. The maximum absolute atomic E-state index is 12.6. The van der Waals surface area contributed by atoms with Gasteiger partial charge in [0.05, 0.1) is 0 Å². The Morgan fingerprint density at radius 1 is 0.880 bits per heavy atom. The number of carbonyl (C=O) groups excluding carboxylic acids is 2. The number of rotatable bonds is 1. The molecule has 1 aliphatic rings. The van der Waals surface area contributed by atoms with Crippen molar-refractivity contribution in [3.8, 4) is 0 Å². The van der Waals surface area contributed by atoms with Crippen LogP contribution in [-0.2, 0) is 16.0 Å². The van der Waals surface area contributed by atoms with Crippen LogP contribution in [0.2, 0.25) is 0 Å². The van der Waals surface area contributed by atoms with E-state index in [1.807, 2.05) is 66.7 Å². The lowest BCUT2D eigenvalue weighted by atomic mass is 10.0. The van der Waals surface area contributed by atoms with E-state index < -0.39 is 11.8 Å². The van der Waals surface area contributed by atoms with E-state index in [0.717, 1.165) is 34.9 Å². The van der Waals surface area contributed by atoms with Crippen LogP contribution >= 0.6 is 0 Å². The molecule has 4 rings (SSSR count). The number of para-hydroxylation sites is 1. The second-order valence-electron chi connectivity index (χ2n) is 6.21. The summed E-state index contributed by atoms with van der Waals surface area (Å²) in [5.41, 5.74) is 2.58. The molecule has 1 N–H and O–H groups in total. The van der Waals surface area contributed by atoms with E-state index in [2.05, 4.69) is 5.32 Å². The minimum Gasteiger partial charge on any atom is -0.318 e. The minimum absolute atomic E-state index is 0.514. The van der Waals surface area contributed by atoms with Crippen LogP contribution in [0.15, 0.2) is 66.7 Å². The fourth-order valence-electron chi connectivity index (χ4n) is 3.32. The fraction of sp³-hybridized carbons (Fsp3) is 0.143. The molecule has 4 heteroatoms. The van der Waals surface area contributed by atoms with Crippen LogP contribution in [0.25, 0.3) is 10.8 Å². The molecule has 124 valence electrons. The predicted octanol–water partition coefficient (Wildman–Crippen LogP) is 3.76. The Labute approximate surface area is 146 Å². The zero-order valence-corrected chi connectivity index (χ0v) is 13.7. The molecule has 0 atom stereocenters. The van der Waals surface area contributed by atoms with Gasteiger partial charge >= 0.3 is 11.8 Å². The van der Waals surface area contributed by atoms with Gasteiger partial charge in [0.25, 0.3) is 0 Å². The van der Waals surface area contributed by atoms with E-state index in [9.17, 15) is 9.59 Å². The molecule has 0 saturated heterocycles. The summed E-state index contributed by atoms with van der Waals surface area (Å²) in [4.78, 5) is 26.7. The van der Waals surface area contributed by atoms with Gasteiger partial charge in [-0.2, -0.15) is 0 Å². The molecule has 0 radical (unpaired) electrons. The average molecular weight is 330 g/mol. The number of hydrogen-bond acceptors (Lipinski definition) is 2. The van der Waals surface area contributed by atoms with E-state index in [1.54, 1.807) is 4.90 Å². The Bertz CT molecular complexity index is 965. The summed E-state index contributed by atoms with van der Waals surface area (Å²) < 4.78 is 0. The van der Waals surface area contributed by atoms with Crippen molar-refractivity contribution in [1.82, 2.24) is 0 Å². The number of anilines is 2. The quantitative estimate of drug-likeness (QED) is 0.691. The third-order valence-electron chi connectivity index (χ3n) is 4.56. The highest BCUT2D eigenvalue weighted by Crippen LogP contribution is 2.27. The van der Waals surface area contributed by atoms with Crippen LogP contribution in [0, 0.1) is 0 Å². The molecule has 0 saturated carbocycles. The molecule has 3 aromatic carbocycles. The second-order valence-corrected chi connectivity index (χ2v) is 6.21. The van der Waals surface area contributed by atoms with E-state index in [0.29, 0.717) is 12.2 Å². The summed E-state index contributed by atoms with van der Waals surface area (Å²) in [6, 6.07) is 21.3. The van der Waals surface area contributed by atoms with Gasteiger partial charge in [0, 0.05) is 17.9 Å². The molecule has 3 aromatic rings. The number of benzene rings is 3. The summed E-state index contributed by atoms with van der Waals surface area (Å²) in [6.07, 6.45) is 1.80. The van der Waals surface area contributed by atoms with Gasteiger partial charge in [-0.15, -0.1) is 0 Å².